The maximum Gasteiger partial charge on any atom is 0.260 e. The number of amides is 1. The molecular formula is C20H21ClFN5O5S. The van der Waals surface area contributed by atoms with Crippen molar-refractivity contribution in [1.29, 1.82) is 0 Å². The molecule has 13 heteroatoms. The Bertz CT molecular complexity index is 1290. The number of aromatic amines is 1. The molecule has 0 saturated carbocycles. The number of fused-ring (bicyclic) bond motifs is 1. The van der Waals surface area contributed by atoms with E-state index in [0.717, 1.165) is 12.5 Å². The Kier molecular flexibility index (Phi) is 6.68. The lowest BCUT2D eigenvalue weighted by atomic mass is 10.1. The minimum Gasteiger partial charge on any atom is -0.470 e. The van der Waals surface area contributed by atoms with Crippen molar-refractivity contribution in [2.75, 3.05) is 29.0 Å². The van der Waals surface area contributed by atoms with Crippen LogP contribution in [0.3, 0.4) is 0 Å². The van der Waals surface area contributed by atoms with Gasteiger partial charge in [-0.2, -0.15) is 0 Å². The van der Waals surface area contributed by atoms with Gasteiger partial charge in [-0.3, -0.25) is 14.6 Å². The zero-order chi connectivity index (χ0) is 23.6. The van der Waals surface area contributed by atoms with E-state index in [1.807, 2.05) is 0 Å². The van der Waals surface area contributed by atoms with Crippen LogP contribution in [0.15, 0.2) is 24.4 Å². The van der Waals surface area contributed by atoms with Gasteiger partial charge in [0.05, 0.1) is 52.5 Å². The van der Waals surface area contributed by atoms with Crippen LogP contribution >= 0.6 is 11.6 Å². The molecule has 3 N–H and O–H groups in total. The Balaban J connectivity index is 1.58. The first-order valence-electron chi connectivity index (χ1n) is 10.2. The molecule has 0 unspecified atom stereocenters. The number of H-pyrrole nitrogens is 1. The topological polar surface area (TPSA) is 135 Å². The van der Waals surface area contributed by atoms with Gasteiger partial charge in [0, 0.05) is 6.42 Å². The number of anilines is 2. The highest BCUT2D eigenvalue weighted by Gasteiger charge is 2.23. The normalized spacial score (nSPS) is 16.2. The predicted octanol–water partition coefficient (Wildman–Crippen LogP) is 3.32. The monoisotopic (exact) mass is 497 g/mol. The number of ether oxygens (including phenoxy) is 2. The summed E-state index contributed by atoms with van der Waals surface area (Å²) >= 11 is 6.05. The van der Waals surface area contributed by atoms with Gasteiger partial charge < -0.3 is 14.8 Å². The third-order valence-corrected chi connectivity index (χ3v) is 6.65. The number of nitrogens with one attached hydrogen (secondary N) is 3. The average Bonchev–Trinajstić information content (AvgIpc) is 3.41. The van der Waals surface area contributed by atoms with Crippen LogP contribution in [0.4, 0.5) is 15.8 Å². The standard InChI is InChI=1S/C20H21ClFN5O5S/c1-2-7-33(29,30)27-15-4-3-14(21)16(17(15)22)19(28)24-11-8-13-18(23-9-11)25-26-20(13)32-12-5-6-31-10-12/h3-4,8-9,12,27H,2,5-7,10H2,1H3,(H,24,28)(H,23,25,26)/t12-/m1/s1. The molecule has 1 aliphatic rings. The molecule has 4 rings (SSSR count). The highest BCUT2D eigenvalue weighted by molar-refractivity contribution is 7.92. The Morgan fingerprint density at radius 2 is 2.24 bits per heavy atom. The molecule has 1 amide bonds. The van der Waals surface area contributed by atoms with E-state index >= 15 is 4.39 Å². The molecule has 1 saturated heterocycles. The molecule has 176 valence electrons. The molecule has 0 bridgehead atoms. The van der Waals surface area contributed by atoms with Crippen molar-refractivity contribution >= 4 is 49.9 Å². The number of nitrogens with zero attached hydrogens (tertiary/aromatic N) is 2. The number of benzene rings is 1. The van der Waals surface area contributed by atoms with Crippen molar-refractivity contribution in [3.63, 3.8) is 0 Å². The van der Waals surface area contributed by atoms with Crippen LogP contribution in [0.2, 0.25) is 5.02 Å². The molecule has 3 aromatic rings. The molecule has 2 aromatic heterocycles. The van der Waals surface area contributed by atoms with Crippen LogP contribution < -0.4 is 14.8 Å². The summed E-state index contributed by atoms with van der Waals surface area (Å²) in [6.07, 6.45) is 2.30. The van der Waals surface area contributed by atoms with Gasteiger partial charge in [-0.25, -0.2) is 17.8 Å². The van der Waals surface area contributed by atoms with Crippen molar-refractivity contribution in [2.24, 2.45) is 0 Å². The summed E-state index contributed by atoms with van der Waals surface area (Å²) in [4.78, 5) is 17.0. The molecule has 0 radical (unpaired) electrons. The number of rotatable bonds is 8. The van der Waals surface area contributed by atoms with Crippen molar-refractivity contribution in [2.45, 2.75) is 25.9 Å². The predicted molar refractivity (Wildman–Crippen MR) is 121 cm³/mol. The number of hydrogen-bond donors (Lipinski definition) is 3. The number of halogens is 2. The minimum absolute atomic E-state index is 0.137. The second-order valence-corrected chi connectivity index (χ2v) is 9.66. The van der Waals surface area contributed by atoms with Gasteiger partial charge in [0.25, 0.3) is 5.91 Å². The van der Waals surface area contributed by atoms with Gasteiger partial charge in [-0.05, 0) is 24.6 Å². The summed E-state index contributed by atoms with van der Waals surface area (Å²) < 4.78 is 52.3. The number of carbonyl (C=O) groups excluding carboxylic acids is 1. The van der Waals surface area contributed by atoms with E-state index in [2.05, 4.69) is 25.2 Å². The van der Waals surface area contributed by atoms with E-state index in [-0.39, 0.29) is 28.3 Å². The molecule has 1 aromatic carbocycles. The largest absolute Gasteiger partial charge is 0.470 e. The van der Waals surface area contributed by atoms with E-state index < -0.39 is 27.3 Å². The fraction of sp³-hybridized carbons (Fsp3) is 0.350. The van der Waals surface area contributed by atoms with Crippen LogP contribution in [-0.2, 0) is 14.8 Å². The third kappa shape index (κ3) is 5.18. The first-order valence-corrected chi connectivity index (χ1v) is 12.2. The molecule has 10 nitrogen and oxygen atoms in total. The molecule has 0 aliphatic carbocycles. The van der Waals surface area contributed by atoms with Gasteiger partial charge in [0.15, 0.2) is 11.5 Å². The smallest absolute Gasteiger partial charge is 0.260 e. The third-order valence-electron chi connectivity index (χ3n) is 4.86. The molecule has 3 heterocycles. The summed E-state index contributed by atoms with van der Waals surface area (Å²) in [7, 11) is -3.76. The van der Waals surface area contributed by atoms with Gasteiger partial charge in [-0.1, -0.05) is 18.5 Å². The summed E-state index contributed by atoms with van der Waals surface area (Å²) in [6.45, 7) is 2.74. The Hall–Kier alpha value is -2.96. The number of sulfonamides is 1. The van der Waals surface area contributed by atoms with E-state index in [4.69, 9.17) is 21.1 Å². The lowest BCUT2D eigenvalue weighted by molar-refractivity contribution is 0.102. The summed E-state index contributed by atoms with van der Waals surface area (Å²) in [5.41, 5.74) is -0.177. The molecule has 1 atom stereocenters. The van der Waals surface area contributed by atoms with Crippen molar-refractivity contribution < 1.29 is 27.1 Å². The van der Waals surface area contributed by atoms with Crippen LogP contribution in [0, 0.1) is 5.82 Å². The van der Waals surface area contributed by atoms with Crippen LogP contribution in [0.1, 0.15) is 30.1 Å². The number of pyridine rings is 1. The fourth-order valence-corrected chi connectivity index (χ4v) is 4.69. The van der Waals surface area contributed by atoms with E-state index in [1.54, 1.807) is 13.0 Å². The molecule has 0 spiro atoms. The van der Waals surface area contributed by atoms with Gasteiger partial charge in [-0.15, -0.1) is 5.10 Å². The van der Waals surface area contributed by atoms with E-state index in [1.165, 1.54) is 12.3 Å². The molecule has 33 heavy (non-hydrogen) atoms. The number of hydrogen-bond acceptors (Lipinski definition) is 7. The van der Waals surface area contributed by atoms with E-state index in [9.17, 15) is 13.2 Å². The minimum atomic E-state index is -3.76. The Labute approximate surface area is 193 Å². The Morgan fingerprint density at radius 1 is 1.42 bits per heavy atom. The second-order valence-electron chi connectivity index (χ2n) is 7.41. The first kappa shape index (κ1) is 23.2. The highest BCUT2D eigenvalue weighted by atomic mass is 35.5. The molecule has 1 aliphatic heterocycles. The highest BCUT2D eigenvalue weighted by Crippen LogP contribution is 2.29. The van der Waals surface area contributed by atoms with Crippen LogP contribution in [0.5, 0.6) is 5.88 Å². The first-order chi connectivity index (χ1) is 15.8. The zero-order valence-corrected chi connectivity index (χ0v) is 19.1. The van der Waals surface area contributed by atoms with Crippen LogP contribution in [0.25, 0.3) is 11.0 Å². The van der Waals surface area contributed by atoms with Crippen LogP contribution in [-0.4, -0.2) is 54.6 Å². The fourth-order valence-electron chi connectivity index (χ4n) is 3.32. The van der Waals surface area contributed by atoms with Crippen molar-refractivity contribution in [3.8, 4) is 5.88 Å². The van der Waals surface area contributed by atoms with Gasteiger partial charge >= 0.3 is 0 Å². The summed E-state index contributed by atoms with van der Waals surface area (Å²) in [5.74, 6) is -1.84. The number of carbonyl (C=O) groups is 1. The van der Waals surface area contributed by atoms with Crippen molar-refractivity contribution in [1.82, 2.24) is 15.2 Å². The maximum atomic E-state index is 15.0. The second kappa shape index (κ2) is 9.49. The average molecular weight is 498 g/mol. The molecule has 1 fully saturated rings. The van der Waals surface area contributed by atoms with Gasteiger partial charge in [0.2, 0.25) is 15.9 Å². The molecular weight excluding hydrogens is 477 g/mol. The summed E-state index contributed by atoms with van der Waals surface area (Å²) in [6, 6.07) is 3.99. The zero-order valence-electron chi connectivity index (χ0n) is 17.5. The van der Waals surface area contributed by atoms with E-state index in [0.29, 0.717) is 36.5 Å². The quantitative estimate of drug-likeness (QED) is 0.434. The SMILES string of the molecule is CCCS(=O)(=O)Nc1ccc(Cl)c(C(=O)Nc2cnc3[nH]nc(O[C@@H]4CCOC4)c3c2)c1F. The lowest BCUT2D eigenvalue weighted by Gasteiger charge is -2.13. The maximum absolute atomic E-state index is 15.0. The van der Waals surface area contributed by atoms with Crippen molar-refractivity contribution in [3.05, 3.63) is 40.8 Å². The lowest BCUT2D eigenvalue weighted by Crippen LogP contribution is -2.20. The Morgan fingerprint density at radius 3 is 2.97 bits per heavy atom. The summed E-state index contributed by atoms with van der Waals surface area (Å²) in [5, 5.41) is 9.73. The van der Waals surface area contributed by atoms with Gasteiger partial charge in [0.1, 0.15) is 6.10 Å². The number of aromatic nitrogens is 3.